The lowest BCUT2D eigenvalue weighted by Crippen LogP contribution is -2.52. The van der Waals surface area contributed by atoms with Gasteiger partial charge in [-0.25, -0.2) is 9.37 Å². The molecular weight excluding hydrogens is 359 g/mol. The highest BCUT2D eigenvalue weighted by molar-refractivity contribution is 5.80. The molecule has 0 bridgehead atoms. The zero-order valence-corrected chi connectivity index (χ0v) is 16.0. The van der Waals surface area contributed by atoms with Gasteiger partial charge in [-0.15, -0.1) is 0 Å². The molecule has 1 aliphatic rings. The van der Waals surface area contributed by atoms with Gasteiger partial charge in [0.1, 0.15) is 17.4 Å². The fourth-order valence-corrected chi connectivity index (χ4v) is 3.77. The molecule has 7 heteroatoms. The highest BCUT2D eigenvalue weighted by Gasteiger charge is 2.25. The van der Waals surface area contributed by atoms with E-state index in [0.717, 1.165) is 47.7 Å². The van der Waals surface area contributed by atoms with Crippen molar-refractivity contribution in [2.75, 3.05) is 31.6 Å². The molecule has 1 saturated heterocycles. The van der Waals surface area contributed by atoms with E-state index in [-0.39, 0.29) is 17.4 Å². The van der Waals surface area contributed by atoms with E-state index in [2.05, 4.69) is 26.7 Å². The highest BCUT2D eigenvalue weighted by Crippen LogP contribution is 2.21. The van der Waals surface area contributed by atoms with Crippen LogP contribution in [0.3, 0.4) is 0 Å². The topological polar surface area (TPSA) is 61.5 Å². The average Bonchev–Trinajstić information content (AvgIpc) is 2.69. The van der Waals surface area contributed by atoms with Crippen molar-refractivity contribution in [1.82, 2.24) is 14.9 Å². The summed E-state index contributed by atoms with van der Waals surface area (Å²) in [6.45, 7) is 5.08. The Labute approximate surface area is 162 Å². The van der Waals surface area contributed by atoms with Gasteiger partial charge in [-0.05, 0) is 43.3 Å². The molecule has 0 spiro atoms. The van der Waals surface area contributed by atoms with Crippen LogP contribution in [0.5, 0.6) is 5.75 Å². The standard InChI is InChI=1S/C21H23FN4O2/c1-14-12-25(7-8-26(14)20-6-3-17(22)11-23-20)13-16-9-15-10-18(28-2)4-5-19(15)24-21(16)27/h3-6,9-11,14H,7-8,12-13H2,1-2H3,(H,24,27). The van der Waals surface area contributed by atoms with E-state index < -0.39 is 0 Å². The first-order chi connectivity index (χ1) is 13.5. The Balaban J connectivity index is 1.50. The summed E-state index contributed by atoms with van der Waals surface area (Å²) in [4.78, 5) is 24.1. The van der Waals surface area contributed by atoms with Crippen molar-refractivity contribution in [1.29, 1.82) is 0 Å². The Morgan fingerprint density at radius 2 is 2.11 bits per heavy atom. The molecular formula is C21H23FN4O2. The van der Waals surface area contributed by atoms with Crippen molar-refractivity contribution in [3.63, 3.8) is 0 Å². The molecule has 1 fully saturated rings. The van der Waals surface area contributed by atoms with Crippen molar-refractivity contribution in [3.8, 4) is 5.75 Å². The second-order valence-electron chi connectivity index (χ2n) is 7.19. The molecule has 1 aromatic carbocycles. The van der Waals surface area contributed by atoms with Crippen LogP contribution in [0.4, 0.5) is 10.2 Å². The van der Waals surface area contributed by atoms with Crippen LogP contribution in [0.2, 0.25) is 0 Å². The summed E-state index contributed by atoms with van der Waals surface area (Å²) < 4.78 is 18.4. The number of piperazine rings is 1. The van der Waals surface area contributed by atoms with E-state index >= 15 is 0 Å². The van der Waals surface area contributed by atoms with Crippen LogP contribution >= 0.6 is 0 Å². The lowest BCUT2D eigenvalue weighted by Gasteiger charge is -2.40. The largest absolute Gasteiger partial charge is 0.497 e. The van der Waals surface area contributed by atoms with Crippen molar-refractivity contribution < 1.29 is 9.13 Å². The average molecular weight is 382 g/mol. The number of fused-ring (bicyclic) bond motifs is 1. The summed E-state index contributed by atoms with van der Waals surface area (Å²) in [5.74, 6) is 1.21. The predicted molar refractivity (Wildman–Crippen MR) is 107 cm³/mol. The van der Waals surface area contributed by atoms with Gasteiger partial charge in [0.05, 0.1) is 13.3 Å². The quantitative estimate of drug-likeness (QED) is 0.752. The minimum absolute atomic E-state index is 0.0621. The second kappa shape index (κ2) is 7.59. The number of H-pyrrole nitrogens is 1. The normalized spacial score (nSPS) is 17.8. The van der Waals surface area contributed by atoms with Crippen LogP contribution in [-0.4, -0.2) is 47.7 Å². The third-order valence-electron chi connectivity index (χ3n) is 5.24. The zero-order chi connectivity index (χ0) is 19.7. The molecule has 1 aliphatic heterocycles. The van der Waals surface area contributed by atoms with E-state index in [4.69, 9.17) is 4.74 Å². The Kier molecular flexibility index (Phi) is 5.00. The lowest BCUT2D eigenvalue weighted by molar-refractivity contribution is 0.219. The number of rotatable bonds is 4. The third-order valence-corrected chi connectivity index (χ3v) is 5.24. The van der Waals surface area contributed by atoms with E-state index in [1.54, 1.807) is 13.2 Å². The molecule has 3 aromatic rings. The van der Waals surface area contributed by atoms with Crippen LogP contribution in [-0.2, 0) is 6.54 Å². The fraction of sp³-hybridized carbons (Fsp3) is 0.333. The van der Waals surface area contributed by atoms with Gasteiger partial charge < -0.3 is 14.6 Å². The molecule has 0 aliphatic carbocycles. The molecule has 2 aromatic heterocycles. The van der Waals surface area contributed by atoms with Gasteiger partial charge in [0.25, 0.3) is 5.56 Å². The van der Waals surface area contributed by atoms with Crippen molar-refractivity contribution in [3.05, 3.63) is 64.3 Å². The van der Waals surface area contributed by atoms with Gasteiger partial charge in [0.15, 0.2) is 0 Å². The number of nitrogens with zero attached hydrogens (tertiary/aromatic N) is 3. The van der Waals surface area contributed by atoms with Crippen molar-refractivity contribution in [2.24, 2.45) is 0 Å². The van der Waals surface area contributed by atoms with Crippen molar-refractivity contribution >= 4 is 16.7 Å². The summed E-state index contributed by atoms with van der Waals surface area (Å²) in [6, 6.07) is 10.9. The van der Waals surface area contributed by atoms with Gasteiger partial charge in [-0.2, -0.15) is 0 Å². The van der Waals surface area contributed by atoms with E-state index in [0.29, 0.717) is 6.54 Å². The smallest absolute Gasteiger partial charge is 0.252 e. The number of ether oxygens (including phenoxy) is 1. The number of methoxy groups -OCH3 is 1. The SMILES string of the molecule is COc1ccc2[nH]c(=O)c(CN3CCN(c4ccc(F)cn4)C(C)C3)cc2c1. The maximum atomic E-state index is 13.1. The Morgan fingerprint density at radius 1 is 1.25 bits per heavy atom. The van der Waals surface area contributed by atoms with E-state index in [1.807, 2.05) is 24.3 Å². The summed E-state index contributed by atoms with van der Waals surface area (Å²) in [6.07, 6.45) is 1.25. The first kappa shape index (κ1) is 18.4. The molecule has 4 rings (SSSR count). The molecule has 1 N–H and O–H groups in total. The summed E-state index contributed by atoms with van der Waals surface area (Å²) in [7, 11) is 1.63. The Morgan fingerprint density at radius 3 is 2.82 bits per heavy atom. The molecule has 0 radical (unpaired) electrons. The number of nitrogens with one attached hydrogen (secondary N) is 1. The number of hydrogen-bond donors (Lipinski definition) is 1. The monoisotopic (exact) mass is 382 g/mol. The minimum atomic E-state index is -0.331. The highest BCUT2D eigenvalue weighted by atomic mass is 19.1. The maximum absolute atomic E-state index is 13.1. The maximum Gasteiger partial charge on any atom is 0.252 e. The summed E-state index contributed by atoms with van der Waals surface area (Å²) in [5.41, 5.74) is 1.48. The van der Waals surface area contributed by atoms with Gasteiger partial charge in [0.2, 0.25) is 0 Å². The molecule has 0 amide bonds. The fourth-order valence-electron chi connectivity index (χ4n) is 3.77. The van der Waals surface area contributed by atoms with Crippen LogP contribution in [0.1, 0.15) is 12.5 Å². The second-order valence-corrected chi connectivity index (χ2v) is 7.19. The number of halogens is 1. The summed E-state index contributed by atoms with van der Waals surface area (Å²) >= 11 is 0. The number of anilines is 1. The van der Waals surface area contributed by atoms with Crippen LogP contribution in [0.25, 0.3) is 10.9 Å². The number of aromatic amines is 1. The van der Waals surface area contributed by atoms with Gasteiger partial charge >= 0.3 is 0 Å². The molecule has 146 valence electrons. The summed E-state index contributed by atoms with van der Waals surface area (Å²) in [5, 5.41) is 0.955. The molecule has 6 nitrogen and oxygen atoms in total. The lowest BCUT2D eigenvalue weighted by atomic mass is 10.1. The minimum Gasteiger partial charge on any atom is -0.497 e. The van der Waals surface area contributed by atoms with Crippen LogP contribution < -0.4 is 15.2 Å². The number of pyridine rings is 2. The Bertz CT molecular complexity index is 1030. The van der Waals surface area contributed by atoms with E-state index in [1.165, 1.54) is 12.3 Å². The number of aromatic nitrogens is 2. The van der Waals surface area contributed by atoms with E-state index in [9.17, 15) is 9.18 Å². The molecule has 1 unspecified atom stereocenters. The molecule has 3 heterocycles. The van der Waals surface area contributed by atoms with Gasteiger partial charge in [-0.3, -0.25) is 9.69 Å². The molecule has 28 heavy (non-hydrogen) atoms. The van der Waals surface area contributed by atoms with Crippen molar-refractivity contribution in [2.45, 2.75) is 19.5 Å². The number of benzene rings is 1. The van der Waals surface area contributed by atoms with Crippen LogP contribution in [0, 0.1) is 5.82 Å². The molecule has 0 saturated carbocycles. The van der Waals surface area contributed by atoms with Gasteiger partial charge in [-0.1, -0.05) is 0 Å². The first-order valence-electron chi connectivity index (χ1n) is 9.34. The number of hydrogen-bond acceptors (Lipinski definition) is 5. The molecule has 1 atom stereocenters. The van der Waals surface area contributed by atoms with Gasteiger partial charge in [0, 0.05) is 48.7 Å². The Hall–Kier alpha value is -2.93. The zero-order valence-electron chi connectivity index (χ0n) is 16.0. The van der Waals surface area contributed by atoms with Crippen LogP contribution in [0.15, 0.2) is 47.4 Å². The third kappa shape index (κ3) is 3.71. The first-order valence-corrected chi connectivity index (χ1v) is 9.34. The predicted octanol–water partition coefficient (Wildman–Crippen LogP) is 2.78.